The second-order valence-electron chi connectivity index (χ2n) is 7.55. The Morgan fingerprint density at radius 2 is 1.97 bits per heavy atom. The molecule has 0 spiro atoms. The van der Waals surface area contributed by atoms with Gasteiger partial charge >= 0.3 is 0 Å². The fourth-order valence-corrected chi connectivity index (χ4v) is 4.02. The van der Waals surface area contributed by atoms with Crippen LogP contribution in [-0.4, -0.2) is 27.3 Å². The monoisotopic (exact) mass is 492 g/mol. The summed E-state index contributed by atoms with van der Waals surface area (Å²) in [7, 11) is 0. The number of hydrogen-bond donors (Lipinski definition) is 1. The third-order valence-corrected chi connectivity index (χ3v) is 5.82. The van der Waals surface area contributed by atoms with Gasteiger partial charge < -0.3 is 10.1 Å². The summed E-state index contributed by atoms with van der Waals surface area (Å²) in [5.41, 5.74) is 4.49. The minimum absolute atomic E-state index is 0.0664. The number of fused-ring (bicyclic) bond motifs is 1. The van der Waals surface area contributed by atoms with Crippen LogP contribution in [0.2, 0.25) is 0 Å². The molecule has 0 aliphatic rings. The number of carbonyl (C=O) groups is 1. The van der Waals surface area contributed by atoms with E-state index in [1.54, 1.807) is 6.20 Å². The summed E-state index contributed by atoms with van der Waals surface area (Å²) in [4.78, 5) is 16.9. The van der Waals surface area contributed by atoms with Crippen LogP contribution in [0, 0.1) is 6.92 Å². The molecule has 0 unspecified atom stereocenters. The molecule has 4 rings (SSSR count). The molecule has 4 aromatic rings. The van der Waals surface area contributed by atoms with Crippen molar-refractivity contribution in [1.82, 2.24) is 14.8 Å². The van der Waals surface area contributed by atoms with Crippen molar-refractivity contribution >= 4 is 38.6 Å². The number of carbonyl (C=O) groups excluding carboxylic acids is 1. The molecule has 0 bridgehead atoms. The molecular weight excluding hydrogens is 468 g/mol. The largest absolute Gasteiger partial charge is 0.492 e. The molecule has 6 nitrogen and oxygen atoms in total. The summed E-state index contributed by atoms with van der Waals surface area (Å²) >= 11 is 3.54. The summed E-state index contributed by atoms with van der Waals surface area (Å²) < 4.78 is 8.56. The van der Waals surface area contributed by atoms with Crippen molar-refractivity contribution in [2.75, 3.05) is 11.9 Å². The van der Waals surface area contributed by atoms with Gasteiger partial charge in [0.25, 0.3) is 0 Å². The number of benzene rings is 2. The summed E-state index contributed by atoms with van der Waals surface area (Å²) in [5.74, 6) is 0.728. The Morgan fingerprint density at radius 1 is 1.16 bits per heavy atom. The van der Waals surface area contributed by atoms with Gasteiger partial charge in [0, 0.05) is 11.8 Å². The Morgan fingerprint density at radius 3 is 2.72 bits per heavy atom. The van der Waals surface area contributed by atoms with E-state index >= 15 is 0 Å². The van der Waals surface area contributed by atoms with E-state index in [-0.39, 0.29) is 5.91 Å². The maximum Gasteiger partial charge on any atom is 0.224 e. The zero-order valence-electron chi connectivity index (χ0n) is 18.1. The smallest absolute Gasteiger partial charge is 0.224 e. The topological polar surface area (TPSA) is 69.0 Å². The van der Waals surface area contributed by atoms with E-state index in [0.29, 0.717) is 25.1 Å². The van der Waals surface area contributed by atoms with E-state index in [4.69, 9.17) is 4.74 Å². The van der Waals surface area contributed by atoms with Gasteiger partial charge in [0.15, 0.2) is 5.65 Å². The number of ether oxygens (including phenoxy) is 1. The summed E-state index contributed by atoms with van der Waals surface area (Å²) in [5, 5.41) is 8.45. The van der Waals surface area contributed by atoms with Crippen LogP contribution < -0.4 is 10.1 Å². The molecule has 2 aromatic carbocycles. The van der Waals surface area contributed by atoms with Crippen molar-refractivity contribution in [1.29, 1.82) is 0 Å². The first-order valence-corrected chi connectivity index (χ1v) is 11.5. The predicted octanol–water partition coefficient (Wildman–Crippen LogP) is 5.85. The maximum atomic E-state index is 12.4. The maximum absolute atomic E-state index is 12.4. The second-order valence-corrected chi connectivity index (χ2v) is 8.40. The first-order valence-electron chi connectivity index (χ1n) is 10.7. The van der Waals surface area contributed by atoms with E-state index in [1.165, 1.54) is 5.56 Å². The van der Waals surface area contributed by atoms with Crippen molar-refractivity contribution in [3.05, 3.63) is 76.5 Å². The van der Waals surface area contributed by atoms with Crippen LogP contribution in [-0.2, 0) is 11.2 Å². The molecule has 32 heavy (non-hydrogen) atoms. The van der Waals surface area contributed by atoms with Gasteiger partial charge in [0.1, 0.15) is 5.75 Å². The van der Waals surface area contributed by atoms with Gasteiger partial charge in [0.05, 0.1) is 34.3 Å². The molecule has 0 atom stereocenters. The highest BCUT2D eigenvalue weighted by atomic mass is 79.9. The van der Waals surface area contributed by atoms with Crippen LogP contribution >= 0.6 is 15.9 Å². The highest BCUT2D eigenvalue weighted by molar-refractivity contribution is 9.10. The lowest BCUT2D eigenvalue weighted by Gasteiger charge is -2.10. The van der Waals surface area contributed by atoms with Gasteiger partial charge in [-0.25, -0.2) is 9.67 Å². The third kappa shape index (κ3) is 4.99. The average Bonchev–Trinajstić information content (AvgIpc) is 3.14. The van der Waals surface area contributed by atoms with Gasteiger partial charge in [-0.15, -0.1) is 0 Å². The average molecular weight is 493 g/mol. The van der Waals surface area contributed by atoms with Crippen LogP contribution in [0.5, 0.6) is 5.75 Å². The Hall–Kier alpha value is -3.19. The molecule has 2 aromatic heterocycles. The fraction of sp³-hybridized carbons (Fsp3) is 0.240. The zero-order chi connectivity index (χ0) is 22.5. The lowest BCUT2D eigenvalue weighted by molar-refractivity contribution is -0.116. The van der Waals surface area contributed by atoms with Gasteiger partial charge in [0.2, 0.25) is 5.91 Å². The molecule has 2 heterocycles. The van der Waals surface area contributed by atoms with E-state index in [0.717, 1.165) is 39.1 Å². The molecule has 0 saturated carbocycles. The van der Waals surface area contributed by atoms with E-state index in [2.05, 4.69) is 50.4 Å². The normalized spacial score (nSPS) is 11.0. The van der Waals surface area contributed by atoms with Gasteiger partial charge in [-0.3, -0.25) is 4.79 Å². The van der Waals surface area contributed by atoms with E-state index < -0.39 is 0 Å². The van der Waals surface area contributed by atoms with Crippen molar-refractivity contribution in [3.8, 4) is 11.4 Å². The molecule has 0 aliphatic carbocycles. The summed E-state index contributed by atoms with van der Waals surface area (Å²) in [6.07, 6.45) is 3.63. The minimum atomic E-state index is -0.0664. The third-order valence-electron chi connectivity index (χ3n) is 5.20. The number of hydrogen-bond acceptors (Lipinski definition) is 4. The van der Waals surface area contributed by atoms with Gasteiger partial charge in [-0.2, -0.15) is 5.10 Å². The lowest BCUT2D eigenvalue weighted by Crippen LogP contribution is -2.13. The van der Waals surface area contributed by atoms with E-state index in [1.807, 2.05) is 54.1 Å². The molecule has 0 radical (unpaired) electrons. The standard InChI is InChI=1S/C25H25BrN4O2/c1-3-18-11-12-23(22(26)14-18)32-13-7-10-24(31)28-19-15-21-17(2)29-30(25(21)27-16-19)20-8-5-4-6-9-20/h4-6,8-9,11-12,14-16H,3,7,10,13H2,1-2H3,(H,28,31). The van der Waals surface area contributed by atoms with Crippen LogP contribution in [0.15, 0.2) is 65.3 Å². The second kappa shape index (κ2) is 9.96. The molecular formula is C25H25BrN4O2. The Kier molecular flexibility index (Phi) is 6.85. The SMILES string of the molecule is CCc1ccc(OCCCC(=O)Nc2cnc3c(c2)c(C)nn3-c2ccccc2)c(Br)c1. The first kappa shape index (κ1) is 22.0. The number of amides is 1. The molecule has 0 aliphatic heterocycles. The van der Waals surface area contributed by atoms with Crippen molar-refractivity contribution in [2.24, 2.45) is 0 Å². The number of para-hydroxylation sites is 1. The number of rotatable bonds is 8. The molecule has 7 heteroatoms. The van der Waals surface area contributed by atoms with Gasteiger partial charge in [-0.1, -0.05) is 31.2 Å². The molecule has 0 fully saturated rings. The highest BCUT2D eigenvalue weighted by Crippen LogP contribution is 2.26. The van der Waals surface area contributed by atoms with Crippen molar-refractivity contribution < 1.29 is 9.53 Å². The lowest BCUT2D eigenvalue weighted by atomic mass is 10.2. The van der Waals surface area contributed by atoms with E-state index in [9.17, 15) is 4.79 Å². The molecule has 0 saturated heterocycles. The summed E-state index contributed by atoms with van der Waals surface area (Å²) in [6.45, 7) is 4.53. The van der Waals surface area contributed by atoms with Crippen LogP contribution in [0.4, 0.5) is 5.69 Å². The zero-order valence-corrected chi connectivity index (χ0v) is 19.7. The Balaban J connectivity index is 1.34. The number of aryl methyl sites for hydroxylation is 2. The molecule has 1 N–H and O–H groups in total. The number of nitrogens with zero attached hydrogens (tertiary/aromatic N) is 3. The Labute approximate surface area is 195 Å². The van der Waals surface area contributed by atoms with Gasteiger partial charge in [-0.05, 0) is 71.6 Å². The quantitative estimate of drug-likeness (QED) is 0.313. The summed E-state index contributed by atoms with van der Waals surface area (Å²) in [6, 6.07) is 17.9. The van der Waals surface area contributed by atoms with Crippen molar-refractivity contribution in [2.45, 2.75) is 33.1 Å². The van der Waals surface area contributed by atoms with Crippen molar-refractivity contribution in [3.63, 3.8) is 0 Å². The Bertz CT molecular complexity index is 1240. The first-order chi connectivity index (χ1) is 15.5. The number of halogens is 1. The fourth-order valence-electron chi connectivity index (χ4n) is 3.48. The molecule has 164 valence electrons. The number of nitrogens with one attached hydrogen (secondary N) is 1. The van der Waals surface area contributed by atoms with Crippen LogP contribution in [0.3, 0.4) is 0 Å². The predicted molar refractivity (Wildman–Crippen MR) is 130 cm³/mol. The van der Waals surface area contributed by atoms with Crippen LogP contribution in [0.1, 0.15) is 31.0 Å². The number of pyridine rings is 1. The number of anilines is 1. The highest BCUT2D eigenvalue weighted by Gasteiger charge is 2.12. The molecule has 1 amide bonds. The number of aromatic nitrogens is 3. The van der Waals surface area contributed by atoms with Crippen LogP contribution in [0.25, 0.3) is 16.7 Å². The minimum Gasteiger partial charge on any atom is -0.492 e.